The second kappa shape index (κ2) is 24.4. The molecule has 8 rings (SSSR count). The number of aromatic nitrogens is 4. The van der Waals surface area contributed by atoms with Crippen molar-refractivity contribution in [3.05, 3.63) is 128 Å². The predicted molar refractivity (Wildman–Crippen MR) is 261 cm³/mol. The molecule has 10 unspecified atom stereocenters. The Labute approximate surface area is 523 Å². The summed E-state index contributed by atoms with van der Waals surface area (Å²) in [5.41, 5.74) is -9.89. The van der Waals surface area contributed by atoms with Crippen LogP contribution < -0.4 is 5.32 Å². The SMILES string of the molecule is CC1=C2C(O)C(=O)[C@]3(C)C(OC(=O)OC(Cn4ccnc4[N+](=O)[O-])Cn4ccnc4[N+](=O)[O-])CC4OCC4(O)C3C(OC(=O)c3ccccc3)C(O)(CC1OC(=O)C(O)C(NC(=O)OC(C)(C)C)c1ccccc1)C2(C)C.[Ac].[Ac]. The van der Waals surface area contributed by atoms with Crippen LogP contribution in [0.15, 0.2) is 96.6 Å². The van der Waals surface area contributed by atoms with Gasteiger partial charge >= 0.3 is 36.1 Å². The topological polar surface area (TPSA) is 356 Å². The Kier molecular flexibility index (Phi) is 19.6. The summed E-state index contributed by atoms with van der Waals surface area (Å²) in [5.74, 6) is -6.70. The molecule has 2 saturated carbocycles. The average molecular weight is 1530 g/mol. The average Bonchev–Trinajstić information content (AvgIpc) is 4.05. The number of ether oxygens (including phenoxy) is 6. The fourth-order valence-corrected chi connectivity index (χ4v) is 11.4. The van der Waals surface area contributed by atoms with E-state index in [1.807, 2.05) is 0 Å². The number of nitrogens with zero attached hydrogens (tertiary/aromatic N) is 6. The standard InChI is InChI=1S/C51H59N7O19.2Ac/c1-27-31(74-42(63)37(60)35(28-14-10-8-11-15-28)54-45(64)77-47(2,3)4)23-51(67)40(76-41(62)29-16-12-9-13-17-29)38-49(7,39(61)36(59)34(27)48(51,5)6)32(22-33-50(38,66)26-72-33)75-46(65)73-30(24-55-20-18-52-43(55)57(68)69)25-56-21-19-53-44(56)58(70)71;;/h8-21,30-33,35-38,40,59-60,66-67H,22-26H2,1-7H3,(H,54,64);;/t31?,32?,33?,35?,36?,37?,38?,40?,49-,50?,51?;;/m1../s1. The van der Waals surface area contributed by atoms with E-state index >= 15 is 4.79 Å². The van der Waals surface area contributed by atoms with E-state index in [0.717, 1.165) is 21.5 Å². The minimum absolute atomic E-state index is 0. The zero-order valence-electron chi connectivity index (χ0n) is 44.1. The van der Waals surface area contributed by atoms with E-state index in [4.69, 9.17) is 28.4 Å². The molecule has 28 heteroatoms. The number of hydrogen-bond acceptors (Lipinski definition) is 21. The van der Waals surface area contributed by atoms with Crippen molar-refractivity contribution >= 4 is 41.9 Å². The number of nitrogens with one attached hydrogen (secondary N) is 1. The third-order valence-corrected chi connectivity index (χ3v) is 15.2. The number of amides is 1. The van der Waals surface area contributed by atoms with E-state index in [2.05, 4.69) is 15.3 Å². The van der Waals surface area contributed by atoms with E-state index in [9.17, 15) is 59.8 Å². The normalized spacial score (nSPS) is 27.5. The van der Waals surface area contributed by atoms with Crippen LogP contribution in [0.5, 0.6) is 0 Å². The molecule has 3 fully saturated rings. The number of benzene rings is 2. The Balaban J connectivity index is 0.00000504. The van der Waals surface area contributed by atoms with Crippen LogP contribution in [0.25, 0.3) is 0 Å². The van der Waals surface area contributed by atoms with Gasteiger partial charge in [0.1, 0.15) is 79.1 Å². The van der Waals surface area contributed by atoms with Crippen LogP contribution in [-0.2, 0) is 51.1 Å². The van der Waals surface area contributed by atoms with Gasteiger partial charge in [-0.1, -0.05) is 72.3 Å². The first-order chi connectivity index (χ1) is 36.1. The number of imidazole rings is 2. The smallest absolute Gasteiger partial charge is 0.456 e. The van der Waals surface area contributed by atoms with Crippen molar-refractivity contribution in [3.63, 3.8) is 0 Å². The number of alkyl carbamates (subject to hydrolysis) is 1. The van der Waals surface area contributed by atoms with Gasteiger partial charge in [-0.15, -0.1) is 0 Å². The van der Waals surface area contributed by atoms with Crippen molar-refractivity contribution in [2.24, 2.45) is 16.7 Å². The Morgan fingerprint density at radius 1 is 0.886 bits per heavy atom. The Morgan fingerprint density at radius 2 is 1.44 bits per heavy atom. The molecule has 3 aliphatic carbocycles. The first kappa shape index (κ1) is 63.4. The third kappa shape index (κ3) is 12.2. The number of Topliss-reactive ketones (excluding diaryl/α,β-unsaturated/α-hetero) is 1. The summed E-state index contributed by atoms with van der Waals surface area (Å²) in [6.45, 7) is 8.87. The Morgan fingerprint density at radius 3 is 1.96 bits per heavy atom. The maximum absolute atomic E-state index is 15.7. The minimum atomic E-state index is -2.56. The molecular formula is C51H59Ac2N7O19. The minimum Gasteiger partial charge on any atom is -0.456 e. The van der Waals surface area contributed by atoms with Crippen LogP contribution in [-0.4, -0.2) is 145 Å². The maximum atomic E-state index is 15.7. The molecule has 418 valence electrons. The van der Waals surface area contributed by atoms with E-state index in [-0.39, 0.29) is 110 Å². The summed E-state index contributed by atoms with van der Waals surface area (Å²) in [6.07, 6.45) is -11.7. The van der Waals surface area contributed by atoms with Crippen LogP contribution in [0.4, 0.5) is 21.5 Å². The molecule has 1 amide bonds. The fourth-order valence-electron chi connectivity index (χ4n) is 11.4. The number of hydrogen-bond donors (Lipinski definition) is 5. The molecule has 1 saturated heterocycles. The molecule has 0 spiro atoms. The maximum Gasteiger partial charge on any atom is 0.509 e. The van der Waals surface area contributed by atoms with Crippen molar-refractivity contribution in [1.29, 1.82) is 0 Å². The number of aliphatic hydroxyl groups excluding tert-OH is 2. The monoisotopic (exact) mass is 1530 g/mol. The van der Waals surface area contributed by atoms with Gasteiger partial charge in [0, 0.05) is 112 Å². The molecule has 5 N–H and O–H groups in total. The number of fused-ring (bicyclic) bond motifs is 5. The molecule has 2 aromatic carbocycles. The number of aliphatic hydroxyl groups is 4. The second-order valence-electron chi connectivity index (χ2n) is 21.4. The zero-order chi connectivity index (χ0) is 56.2. The van der Waals surface area contributed by atoms with Crippen LogP contribution in [0, 0.1) is 125 Å². The van der Waals surface area contributed by atoms with E-state index < -0.39 is 167 Å². The number of esters is 2. The van der Waals surface area contributed by atoms with Gasteiger partial charge in [-0.3, -0.25) is 4.79 Å². The largest absolute Gasteiger partial charge is 0.509 e. The van der Waals surface area contributed by atoms with Crippen molar-refractivity contribution in [2.75, 3.05) is 6.61 Å². The summed E-state index contributed by atoms with van der Waals surface area (Å²) in [5, 5.41) is 77.2. The Bertz CT molecular complexity index is 2930. The summed E-state index contributed by atoms with van der Waals surface area (Å²) in [4.78, 5) is 101. The van der Waals surface area contributed by atoms with Gasteiger partial charge in [0.05, 0.1) is 29.7 Å². The van der Waals surface area contributed by atoms with E-state index in [1.165, 1.54) is 76.5 Å². The first-order valence-electron chi connectivity index (χ1n) is 24.5. The first-order valence-corrected chi connectivity index (χ1v) is 24.5. The second-order valence-corrected chi connectivity index (χ2v) is 21.4. The molecule has 26 nitrogen and oxygen atoms in total. The number of ketones is 1. The summed E-state index contributed by atoms with van der Waals surface area (Å²) >= 11 is 0. The molecule has 4 aromatic rings. The molecule has 4 aliphatic rings. The van der Waals surface area contributed by atoms with Gasteiger partial charge in [-0.2, -0.15) is 0 Å². The van der Waals surface area contributed by atoms with Gasteiger partial charge in [0.15, 0.2) is 18.0 Å². The number of carbonyl (C=O) groups is 5. The quantitative estimate of drug-likeness (QED) is 0.0371. The number of nitro groups is 2. The molecular weight excluding hydrogens is 1470 g/mol. The van der Waals surface area contributed by atoms with E-state index in [0.29, 0.717) is 0 Å². The fraction of sp³-hybridized carbons (Fsp3) is 0.510. The summed E-state index contributed by atoms with van der Waals surface area (Å²) in [6, 6.07) is 14.0. The Hall–Kier alpha value is -4.77. The van der Waals surface area contributed by atoms with Crippen molar-refractivity contribution in [3.8, 4) is 0 Å². The number of rotatable bonds is 15. The van der Waals surface area contributed by atoms with E-state index in [1.54, 1.807) is 45.0 Å². The molecule has 2 aromatic heterocycles. The molecule has 2 bridgehead atoms. The van der Waals surface area contributed by atoms with Crippen molar-refractivity contribution < 1.29 is 171 Å². The molecule has 3 heterocycles. The van der Waals surface area contributed by atoms with Gasteiger partial charge in [0.25, 0.3) is 0 Å². The molecule has 2 radical (unpaired) electrons. The number of carbonyl (C=O) groups excluding carboxylic acids is 5. The van der Waals surface area contributed by atoms with Gasteiger partial charge < -0.3 is 74.4 Å². The van der Waals surface area contributed by atoms with Crippen LogP contribution in [0.1, 0.15) is 83.3 Å². The molecule has 1 aliphatic heterocycles. The summed E-state index contributed by atoms with van der Waals surface area (Å²) < 4.78 is 37.4. The summed E-state index contributed by atoms with van der Waals surface area (Å²) in [7, 11) is 0. The van der Waals surface area contributed by atoms with Gasteiger partial charge in [-0.25, -0.2) is 28.3 Å². The van der Waals surface area contributed by atoms with Crippen LogP contribution >= 0.6 is 0 Å². The van der Waals surface area contributed by atoms with Crippen molar-refractivity contribution in [1.82, 2.24) is 24.4 Å². The van der Waals surface area contributed by atoms with Gasteiger partial charge in [-0.05, 0) is 73.3 Å². The predicted octanol–water partition coefficient (Wildman–Crippen LogP) is 3.83. The van der Waals surface area contributed by atoms with Gasteiger partial charge in [0.2, 0.25) is 0 Å². The zero-order valence-corrected chi connectivity index (χ0v) is 53.6. The molecule has 79 heavy (non-hydrogen) atoms. The third-order valence-electron chi connectivity index (χ3n) is 15.2. The van der Waals surface area contributed by atoms with Crippen LogP contribution in [0.2, 0.25) is 0 Å². The molecule has 11 atom stereocenters. The van der Waals surface area contributed by atoms with Crippen molar-refractivity contribution in [2.45, 2.75) is 140 Å². The van der Waals surface area contributed by atoms with Crippen LogP contribution in [0.3, 0.4) is 0 Å².